The highest BCUT2D eigenvalue weighted by Crippen LogP contribution is 2.26. The van der Waals surface area contributed by atoms with Crippen molar-refractivity contribution in [2.24, 2.45) is 0 Å². The molecule has 2 aromatic carbocycles. The van der Waals surface area contributed by atoms with Crippen LogP contribution in [0.3, 0.4) is 0 Å². The van der Waals surface area contributed by atoms with Crippen molar-refractivity contribution in [2.45, 2.75) is 11.8 Å². The van der Waals surface area contributed by atoms with Crippen molar-refractivity contribution < 1.29 is 14.3 Å². The molecular formula is C21H23ClN2O3S. The number of nitrogens with zero attached hydrogens (tertiary/aromatic N) is 2. The lowest BCUT2D eigenvalue weighted by Crippen LogP contribution is -2.50. The van der Waals surface area contributed by atoms with Gasteiger partial charge < -0.3 is 14.5 Å². The zero-order chi connectivity index (χ0) is 19.9. The molecule has 0 saturated carbocycles. The number of hydrogen-bond donors (Lipinski definition) is 0. The van der Waals surface area contributed by atoms with E-state index in [4.69, 9.17) is 16.3 Å². The maximum Gasteiger partial charge on any atom is 0.339 e. The lowest BCUT2D eigenvalue weighted by molar-refractivity contribution is -0.134. The molecule has 1 aliphatic heterocycles. The van der Waals surface area contributed by atoms with E-state index in [1.807, 2.05) is 43.3 Å². The zero-order valence-corrected chi connectivity index (χ0v) is 17.3. The van der Waals surface area contributed by atoms with Crippen LogP contribution in [0.1, 0.15) is 17.3 Å². The molecule has 28 heavy (non-hydrogen) atoms. The third-order valence-corrected chi connectivity index (χ3v) is 5.83. The topological polar surface area (TPSA) is 49.9 Å². The zero-order valence-electron chi connectivity index (χ0n) is 15.8. The molecule has 0 N–H and O–H groups in total. The van der Waals surface area contributed by atoms with Crippen molar-refractivity contribution in [2.75, 3.05) is 43.4 Å². The van der Waals surface area contributed by atoms with Crippen molar-refractivity contribution in [3.8, 4) is 0 Å². The normalized spacial score (nSPS) is 14.1. The fourth-order valence-electron chi connectivity index (χ4n) is 3.12. The number of anilines is 1. The Bertz CT molecular complexity index is 838. The second-order valence-corrected chi connectivity index (χ2v) is 8.04. The lowest BCUT2D eigenvalue weighted by Gasteiger charge is -2.36. The maximum atomic E-state index is 12.5. The number of thioether (sulfide) groups is 1. The van der Waals surface area contributed by atoms with Crippen LogP contribution in [0, 0.1) is 0 Å². The van der Waals surface area contributed by atoms with Gasteiger partial charge in [-0.1, -0.05) is 42.8 Å². The van der Waals surface area contributed by atoms with Crippen LogP contribution >= 0.6 is 23.4 Å². The molecule has 0 unspecified atom stereocenters. The van der Waals surface area contributed by atoms with E-state index in [-0.39, 0.29) is 12.5 Å². The number of amides is 1. The number of piperazine rings is 1. The summed E-state index contributed by atoms with van der Waals surface area (Å²) in [4.78, 5) is 29.6. The summed E-state index contributed by atoms with van der Waals surface area (Å²) in [7, 11) is 0. The van der Waals surface area contributed by atoms with Crippen molar-refractivity contribution >= 4 is 40.9 Å². The molecule has 1 amide bonds. The molecule has 0 radical (unpaired) electrons. The summed E-state index contributed by atoms with van der Waals surface area (Å²) < 4.78 is 5.28. The average Bonchev–Trinajstić information content (AvgIpc) is 2.73. The fourth-order valence-corrected chi connectivity index (χ4v) is 4.17. The first-order chi connectivity index (χ1) is 13.6. The van der Waals surface area contributed by atoms with Crippen molar-refractivity contribution in [1.29, 1.82) is 0 Å². The van der Waals surface area contributed by atoms with Crippen molar-refractivity contribution in [1.82, 2.24) is 4.90 Å². The summed E-state index contributed by atoms with van der Waals surface area (Å²) in [5.74, 6) is 0.228. The molecule has 1 heterocycles. The Morgan fingerprint density at radius 3 is 2.43 bits per heavy atom. The van der Waals surface area contributed by atoms with Crippen LogP contribution in [0.15, 0.2) is 53.4 Å². The second kappa shape index (κ2) is 9.85. The van der Waals surface area contributed by atoms with Crippen LogP contribution in [-0.4, -0.2) is 55.3 Å². The Morgan fingerprint density at radius 1 is 1.04 bits per heavy atom. The molecule has 3 rings (SSSR count). The number of halogens is 1. The van der Waals surface area contributed by atoms with Gasteiger partial charge in [0.25, 0.3) is 5.91 Å². The van der Waals surface area contributed by atoms with E-state index < -0.39 is 5.97 Å². The Labute approximate surface area is 174 Å². The molecule has 0 atom stereocenters. The minimum atomic E-state index is -0.459. The second-order valence-electron chi connectivity index (χ2n) is 6.32. The highest BCUT2D eigenvalue weighted by Gasteiger charge is 2.23. The van der Waals surface area contributed by atoms with Gasteiger partial charge in [0.05, 0.1) is 16.3 Å². The molecule has 148 valence electrons. The van der Waals surface area contributed by atoms with Crippen LogP contribution in [0.5, 0.6) is 0 Å². The Balaban J connectivity index is 1.51. The molecule has 0 aromatic heterocycles. The summed E-state index contributed by atoms with van der Waals surface area (Å²) in [6.07, 6.45) is 0. The smallest absolute Gasteiger partial charge is 0.339 e. The van der Waals surface area contributed by atoms with E-state index in [0.29, 0.717) is 36.8 Å². The predicted molar refractivity (Wildman–Crippen MR) is 113 cm³/mol. The summed E-state index contributed by atoms with van der Waals surface area (Å²) in [6, 6.07) is 15.0. The number of carbonyl (C=O) groups is 2. The predicted octanol–water partition coefficient (Wildman–Crippen LogP) is 3.96. The van der Waals surface area contributed by atoms with Gasteiger partial charge in [0, 0.05) is 31.1 Å². The van der Waals surface area contributed by atoms with Crippen LogP contribution in [0.4, 0.5) is 5.69 Å². The maximum absolute atomic E-state index is 12.5. The summed E-state index contributed by atoms with van der Waals surface area (Å²) in [6.45, 7) is 4.32. The Hall–Kier alpha value is -2.18. The first kappa shape index (κ1) is 20.6. The Morgan fingerprint density at radius 2 is 1.71 bits per heavy atom. The molecular weight excluding hydrogens is 396 g/mol. The summed E-state index contributed by atoms with van der Waals surface area (Å²) in [5.41, 5.74) is 1.48. The van der Waals surface area contributed by atoms with Crippen molar-refractivity contribution in [3.05, 3.63) is 59.1 Å². The highest BCUT2D eigenvalue weighted by atomic mass is 35.5. The first-order valence-electron chi connectivity index (χ1n) is 9.26. The van der Waals surface area contributed by atoms with Gasteiger partial charge >= 0.3 is 5.97 Å². The van der Waals surface area contributed by atoms with Gasteiger partial charge in [-0.15, -0.1) is 11.8 Å². The van der Waals surface area contributed by atoms with E-state index in [0.717, 1.165) is 16.3 Å². The van der Waals surface area contributed by atoms with E-state index in [1.54, 1.807) is 28.8 Å². The molecule has 0 aliphatic carbocycles. The lowest BCUT2D eigenvalue weighted by atomic mass is 10.2. The van der Waals surface area contributed by atoms with Gasteiger partial charge in [0.2, 0.25) is 0 Å². The van der Waals surface area contributed by atoms with Gasteiger partial charge in [0.15, 0.2) is 6.61 Å². The number of ether oxygens (including phenoxy) is 1. The van der Waals surface area contributed by atoms with Gasteiger partial charge in [-0.2, -0.15) is 0 Å². The van der Waals surface area contributed by atoms with E-state index in [1.165, 1.54) is 0 Å². The van der Waals surface area contributed by atoms with Crippen LogP contribution in [0.25, 0.3) is 0 Å². The molecule has 0 spiro atoms. The van der Waals surface area contributed by atoms with Crippen molar-refractivity contribution in [3.63, 3.8) is 0 Å². The average molecular weight is 419 g/mol. The van der Waals surface area contributed by atoms with Gasteiger partial charge in [0.1, 0.15) is 0 Å². The number of carbonyl (C=O) groups excluding carboxylic acids is 2. The highest BCUT2D eigenvalue weighted by molar-refractivity contribution is 7.99. The number of para-hydroxylation sites is 1. The number of esters is 1. The summed E-state index contributed by atoms with van der Waals surface area (Å²) in [5, 5.41) is 0.708. The fraction of sp³-hybridized carbons (Fsp3) is 0.333. The summed E-state index contributed by atoms with van der Waals surface area (Å²) >= 11 is 7.83. The van der Waals surface area contributed by atoms with Crippen LogP contribution < -0.4 is 4.90 Å². The monoisotopic (exact) mass is 418 g/mol. The van der Waals surface area contributed by atoms with Crippen LogP contribution in [-0.2, 0) is 9.53 Å². The minimum Gasteiger partial charge on any atom is -0.452 e. The Kier molecular flexibility index (Phi) is 7.23. The van der Waals surface area contributed by atoms with Gasteiger partial charge in [-0.05, 0) is 30.0 Å². The number of rotatable bonds is 6. The molecule has 7 heteroatoms. The minimum absolute atomic E-state index is 0.173. The third kappa shape index (κ3) is 5.00. The standard InChI is InChI=1S/C21H23ClN2O3S/c1-2-28-19-10-6-3-7-16(19)21(26)27-15-20(25)24-13-11-23(12-14-24)18-9-5-4-8-17(18)22/h3-10H,2,11-15H2,1H3. The van der Waals surface area contributed by atoms with E-state index in [9.17, 15) is 9.59 Å². The quantitative estimate of drug-likeness (QED) is 0.525. The molecule has 0 bridgehead atoms. The van der Waals surface area contributed by atoms with Crippen LogP contribution in [0.2, 0.25) is 5.02 Å². The van der Waals surface area contributed by atoms with E-state index in [2.05, 4.69) is 4.90 Å². The number of hydrogen-bond acceptors (Lipinski definition) is 5. The SMILES string of the molecule is CCSc1ccccc1C(=O)OCC(=O)N1CCN(c2ccccc2Cl)CC1. The molecule has 1 fully saturated rings. The molecule has 5 nitrogen and oxygen atoms in total. The third-order valence-electron chi connectivity index (χ3n) is 4.56. The molecule has 1 saturated heterocycles. The van der Waals surface area contributed by atoms with E-state index >= 15 is 0 Å². The largest absolute Gasteiger partial charge is 0.452 e. The number of benzene rings is 2. The van der Waals surface area contributed by atoms with Gasteiger partial charge in [-0.25, -0.2) is 4.79 Å². The molecule has 2 aromatic rings. The first-order valence-corrected chi connectivity index (χ1v) is 10.6. The molecule has 1 aliphatic rings. The van der Waals surface area contributed by atoms with Gasteiger partial charge in [-0.3, -0.25) is 4.79 Å².